The van der Waals surface area contributed by atoms with Crippen LogP contribution in [0.3, 0.4) is 0 Å². The van der Waals surface area contributed by atoms with Crippen molar-refractivity contribution >= 4 is 28.2 Å². The van der Waals surface area contributed by atoms with Gasteiger partial charge < -0.3 is 10.4 Å². The minimum Gasteiger partial charge on any atom is -0.481 e. The molecule has 0 aliphatic carbocycles. The molecule has 0 radical (unpaired) electrons. The molecule has 0 atom stereocenters. The molecule has 0 aliphatic heterocycles. The molecular weight excluding hydrogens is 324 g/mol. The van der Waals surface area contributed by atoms with Crippen LogP contribution in [-0.2, 0) is 9.59 Å². The number of anilines is 1. The van der Waals surface area contributed by atoms with Crippen molar-refractivity contribution in [3.63, 3.8) is 0 Å². The molecule has 24 heavy (non-hydrogen) atoms. The van der Waals surface area contributed by atoms with Gasteiger partial charge in [-0.15, -0.1) is 11.3 Å². The molecule has 1 aromatic heterocycles. The van der Waals surface area contributed by atoms with Gasteiger partial charge in [-0.25, -0.2) is 0 Å². The fourth-order valence-corrected chi connectivity index (χ4v) is 3.44. The van der Waals surface area contributed by atoms with Gasteiger partial charge in [0.2, 0.25) is 5.91 Å². The maximum Gasteiger partial charge on any atom is 0.303 e. The first-order valence-electron chi connectivity index (χ1n) is 7.46. The summed E-state index contributed by atoms with van der Waals surface area (Å²) in [4.78, 5) is 23.3. The molecule has 5 nitrogen and oxygen atoms in total. The van der Waals surface area contributed by atoms with E-state index >= 15 is 0 Å². The summed E-state index contributed by atoms with van der Waals surface area (Å²) in [7, 11) is 0. The quantitative estimate of drug-likeness (QED) is 0.859. The Balaban J connectivity index is 2.36. The summed E-state index contributed by atoms with van der Waals surface area (Å²) in [6.07, 6.45) is -0.349. The summed E-state index contributed by atoms with van der Waals surface area (Å²) in [6, 6.07) is 8.17. The molecule has 0 saturated heterocycles. The Kier molecular flexibility index (Phi) is 5.37. The Morgan fingerprint density at radius 2 is 1.92 bits per heavy atom. The van der Waals surface area contributed by atoms with Gasteiger partial charge in [0.25, 0.3) is 0 Å². The monoisotopic (exact) mass is 342 g/mol. The van der Waals surface area contributed by atoms with Gasteiger partial charge >= 0.3 is 5.97 Å². The topological polar surface area (TPSA) is 90.2 Å². The van der Waals surface area contributed by atoms with Crippen LogP contribution in [0.5, 0.6) is 0 Å². The Morgan fingerprint density at radius 1 is 1.21 bits per heavy atom. The van der Waals surface area contributed by atoms with Crippen molar-refractivity contribution < 1.29 is 14.7 Å². The van der Waals surface area contributed by atoms with E-state index in [9.17, 15) is 14.9 Å². The third kappa shape index (κ3) is 3.81. The van der Waals surface area contributed by atoms with E-state index in [1.54, 1.807) is 0 Å². The molecule has 0 aliphatic rings. The zero-order chi connectivity index (χ0) is 17.9. The minimum atomic E-state index is -1.02. The van der Waals surface area contributed by atoms with Gasteiger partial charge in [-0.3, -0.25) is 9.59 Å². The summed E-state index contributed by atoms with van der Waals surface area (Å²) >= 11 is 1.33. The molecule has 2 rings (SSSR count). The van der Waals surface area contributed by atoms with Crippen molar-refractivity contribution in [1.82, 2.24) is 0 Å². The first-order valence-corrected chi connectivity index (χ1v) is 8.28. The van der Waals surface area contributed by atoms with Crippen LogP contribution in [0.4, 0.5) is 5.00 Å². The largest absolute Gasteiger partial charge is 0.481 e. The molecule has 2 N–H and O–H groups in total. The van der Waals surface area contributed by atoms with Gasteiger partial charge in [0, 0.05) is 16.9 Å². The van der Waals surface area contributed by atoms with Gasteiger partial charge in [0.05, 0.1) is 12.0 Å². The third-order valence-corrected chi connectivity index (χ3v) is 4.83. The molecule has 6 heteroatoms. The van der Waals surface area contributed by atoms with Crippen molar-refractivity contribution in [3.05, 3.63) is 39.8 Å². The van der Waals surface area contributed by atoms with Crippen LogP contribution in [0.15, 0.2) is 18.2 Å². The predicted octanol–water partition coefficient (Wildman–Crippen LogP) is 4.02. The second-order valence-corrected chi connectivity index (χ2v) is 6.81. The van der Waals surface area contributed by atoms with Crippen molar-refractivity contribution in [2.45, 2.75) is 33.6 Å². The number of thiophene rings is 1. The van der Waals surface area contributed by atoms with E-state index in [1.165, 1.54) is 16.9 Å². The number of aliphatic carboxylic acids is 1. The van der Waals surface area contributed by atoms with Crippen molar-refractivity contribution in [2.24, 2.45) is 0 Å². The molecule has 2 aromatic rings. The maximum absolute atomic E-state index is 11.9. The summed E-state index contributed by atoms with van der Waals surface area (Å²) in [6.45, 7) is 5.95. The van der Waals surface area contributed by atoms with E-state index in [2.05, 4.69) is 11.4 Å². The fourth-order valence-electron chi connectivity index (χ4n) is 2.39. The highest BCUT2D eigenvalue weighted by Gasteiger charge is 2.19. The summed E-state index contributed by atoms with van der Waals surface area (Å²) in [5, 5.41) is 21.3. The molecule has 0 saturated carbocycles. The van der Waals surface area contributed by atoms with Crippen molar-refractivity contribution in [3.8, 4) is 17.2 Å². The highest BCUT2D eigenvalue weighted by molar-refractivity contribution is 7.17. The lowest BCUT2D eigenvalue weighted by Gasteiger charge is -2.06. The summed E-state index contributed by atoms with van der Waals surface area (Å²) in [5.41, 5.74) is 4.49. The average Bonchev–Trinajstić information content (AvgIpc) is 2.83. The minimum absolute atomic E-state index is 0.115. The Labute approximate surface area is 144 Å². The number of rotatable bonds is 5. The Bertz CT molecular complexity index is 847. The SMILES string of the molecule is Cc1ccc(-c2c(C)sc(NC(=O)CCC(=O)O)c2C#N)cc1C. The number of amides is 1. The van der Waals surface area contributed by atoms with Crippen LogP contribution in [-0.4, -0.2) is 17.0 Å². The number of nitrogens with zero attached hydrogens (tertiary/aromatic N) is 1. The van der Waals surface area contributed by atoms with E-state index in [0.717, 1.165) is 21.6 Å². The third-order valence-electron chi connectivity index (χ3n) is 3.81. The predicted molar refractivity (Wildman–Crippen MR) is 94.2 cm³/mol. The zero-order valence-electron chi connectivity index (χ0n) is 13.8. The molecule has 0 spiro atoms. The average molecular weight is 342 g/mol. The number of carbonyl (C=O) groups excluding carboxylic acids is 1. The van der Waals surface area contributed by atoms with E-state index in [-0.39, 0.29) is 12.8 Å². The van der Waals surface area contributed by atoms with E-state index in [1.807, 2.05) is 39.0 Å². The highest BCUT2D eigenvalue weighted by Crippen LogP contribution is 2.39. The van der Waals surface area contributed by atoms with Gasteiger partial charge in [-0.2, -0.15) is 5.26 Å². The number of benzene rings is 1. The van der Waals surface area contributed by atoms with E-state index < -0.39 is 11.9 Å². The van der Waals surface area contributed by atoms with Gasteiger partial charge in [-0.05, 0) is 37.5 Å². The van der Waals surface area contributed by atoms with Crippen LogP contribution in [0, 0.1) is 32.1 Å². The lowest BCUT2D eigenvalue weighted by atomic mass is 9.98. The fraction of sp³-hybridized carbons (Fsp3) is 0.278. The first-order chi connectivity index (χ1) is 11.3. The number of aryl methyl sites for hydroxylation is 3. The molecule has 0 bridgehead atoms. The van der Waals surface area contributed by atoms with Crippen LogP contribution in [0.25, 0.3) is 11.1 Å². The molecular formula is C18H18N2O3S. The van der Waals surface area contributed by atoms with Gasteiger partial charge in [0.1, 0.15) is 11.1 Å². The second-order valence-electron chi connectivity index (χ2n) is 5.59. The highest BCUT2D eigenvalue weighted by atomic mass is 32.1. The molecule has 124 valence electrons. The standard InChI is InChI=1S/C18H18N2O3S/c1-10-4-5-13(8-11(10)2)17-12(3)24-18(14(17)9-19)20-15(21)6-7-16(22)23/h4-5,8H,6-7H2,1-3H3,(H,20,21)(H,22,23). The second kappa shape index (κ2) is 7.28. The number of hydrogen-bond donors (Lipinski definition) is 2. The first kappa shape index (κ1) is 17.7. The molecule has 1 amide bonds. The number of hydrogen-bond acceptors (Lipinski definition) is 4. The zero-order valence-corrected chi connectivity index (χ0v) is 14.6. The van der Waals surface area contributed by atoms with Crippen LogP contribution in [0.2, 0.25) is 0 Å². The Morgan fingerprint density at radius 3 is 2.50 bits per heavy atom. The number of carbonyl (C=O) groups is 2. The number of nitriles is 1. The van der Waals surface area contributed by atoms with Gasteiger partial charge in [-0.1, -0.05) is 18.2 Å². The summed E-state index contributed by atoms with van der Waals surface area (Å²) < 4.78 is 0. The molecule has 1 heterocycles. The van der Waals surface area contributed by atoms with E-state index in [4.69, 9.17) is 5.11 Å². The number of nitrogens with one attached hydrogen (secondary N) is 1. The number of carboxylic acids is 1. The molecule has 0 fully saturated rings. The molecule has 0 unspecified atom stereocenters. The van der Waals surface area contributed by atoms with E-state index in [0.29, 0.717) is 10.6 Å². The number of carboxylic acid groups (broad SMARTS) is 1. The lowest BCUT2D eigenvalue weighted by Crippen LogP contribution is -2.13. The van der Waals surface area contributed by atoms with Crippen molar-refractivity contribution in [2.75, 3.05) is 5.32 Å². The van der Waals surface area contributed by atoms with Crippen molar-refractivity contribution in [1.29, 1.82) is 5.26 Å². The van der Waals surface area contributed by atoms with Crippen LogP contribution in [0.1, 0.15) is 34.4 Å². The van der Waals surface area contributed by atoms with Crippen LogP contribution >= 0.6 is 11.3 Å². The van der Waals surface area contributed by atoms with Crippen LogP contribution < -0.4 is 5.32 Å². The normalized spacial score (nSPS) is 10.2. The van der Waals surface area contributed by atoms with Gasteiger partial charge in [0.15, 0.2) is 0 Å². The molecule has 1 aromatic carbocycles. The Hall–Kier alpha value is -2.65. The summed E-state index contributed by atoms with van der Waals surface area (Å²) in [5.74, 6) is -1.43. The maximum atomic E-state index is 11.9. The lowest BCUT2D eigenvalue weighted by molar-refractivity contribution is -0.138. The smallest absolute Gasteiger partial charge is 0.303 e.